The Morgan fingerprint density at radius 1 is 1.18 bits per heavy atom. The summed E-state index contributed by atoms with van der Waals surface area (Å²) in [7, 11) is -3.69. The van der Waals surface area contributed by atoms with Crippen LogP contribution in [0.1, 0.15) is 47.5 Å². The molecule has 0 unspecified atom stereocenters. The molecule has 0 aromatic heterocycles. The third-order valence-corrected chi connectivity index (χ3v) is 3.77. The predicted octanol–water partition coefficient (Wildman–Crippen LogP) is 3.91. The second kappa shape index (κ2) is 7.80. The summed E-state index contributed by atoms with van der Waals surface area (Å²) in [5, 5.41) is 0. The first-order valence-electron chi connectivity index (χ1n) is 5.99. The molecule has 0 bridgehead atoms. The molecule has 0 fully saturated rings. The molecule has 0 saturated carbocycles. The molecule has 0 aliphatic carbocycles. The Hall–Kier alpha value is -0.440. The quantitative estimate of drug-likeness (QED) is 0.491. The van der Waals surface area contributed by atoms with Gasteiger partial charge in [0.05, 0.1) is 12.2 Å². The van der Waals surface area contributed by atoms with Crippen LogP contribution in [0.4, 0.5) is 0 Å². The molecule has 0 spiro atoms. The van der Waals surface area contributed by atoms with Gasteiger partial charge >= 0.3 is 7.60 Å². The van der Waals surface area contributed by atoms with Crippen molar-refractivity contribution in [1.29, 1.82) is 0 Å². The summed E-state index contributed by atoms with van der Waals surface area (Å²) in [6, 6.07) is 0. The zero-order valence-corrected chi connectivity index (χ0v) is 12.2. The summed E-state index contributed by atoms with van der Waals surface area (Å²) in [6.07, 6.45) is 4.07. The number of hydrogen-bond acceptors (Lipinski definition) is 4. The molecule has 0 heterocycles. The normalized spacial score (nSPS) is 12.9. The van der Waals surface area contributed by atoms with Crippen LogP contribution in [-0.2, 0) is 18.4 Å². The molecule has 0 aromatic carbocycles. The lowest BCUT2D eigenvalue weighted by molar-refractivity contribution is -0.110. The van der Waals surface area contributed by atoms with Crippen LogP contribution >= 0.6 is 7.60 Å². The molecule has 0 aromatic rings. The second-order valence-electron chi connectivity index (χ2n) is 4.34. The van der Waals surface area contributed by atoms with Gasteiger partial charge in [0.1, 0.15) is 0 Å². The van der Waals surface area contributed by atoms with Gasteiger partial charge in [0.2, 0.25) is 0 Å². The Balaban J connectivity index is 4.78. The molecule has 0 atom stereocenters. The minimum Gasteiger partial charge on any atom is -0.300 e. The van der Waals surface area contributed by atoms with Gasteiger partial charge in [-0.15, -0.1) is 0 Å². The van der Waals surface area contributed by atoms with Crippen LogP contribution in [0.25, 0.3) is 0 Å². The summed E-state index contributed by atoms with van der Waals surface area (Å²) < 4.78 is 22.6. The average Bonchev–Trinajstić information content (AvgIpc) is 2.15. The first kappa shape index (κ1) is 16.6. The first-order chi connectivity index (χ1) is 7.81. The zero-order valence-electron chi connectivity index (χ0n) is 11.3. The van der Waals surface area contributed by atoms with E-state index in [9.17, 15) is 9.36 Å². The molecule has 100 valence electrons. The summed E-state index contributed by atoms with van der Waals surface area (Å²) in [5.41, 5.74) is -0.576. The van der Waals surface area contributed by atoms with Crippen LogP contribution in [0.2, 0.25) is 0 Å². The number of carbonyl (C=O) groups is 1. The third-order valence-electron chi connectivity index (χ3n) is 1.68. The van der Waals surface area contributed by atoms with Gasteiger partial charge in [0.25, 0.3) is 5.52 Å². The Kier molecular flexibility index (Phi) is 7.60. The Bertz CT molecular complexity index is 294. The van der Waals surface area contributed by atoms with Crippen LogP contribution in [0.3, 0.4) is 0 Å². The van der Waals surface area contributed by atoms with E-state index in [0.717, 1.165) is 12.8 Å². The highest BCUT2D eigenvalue weighted by atomic mass is 31.2. The van der Waals surface area contributed by atoms with Gasteiger partial charge in [0, 0.05) is 0 Å². The zero-order chi connectivity index (χ0) is 13.5. The first-order valence-corrected chi connectivity index (χ1v) is 7.54. The number of unbranched alkanes of at least 4 members (excludes halogenated alkanes) is 1. The highest BCUT2D eigenvalue weighted by Crippen LogP contribution is 2.51. The largest absolute Gasteiger partial charge is 0.401 e. The maximum atomic E-state index is 12.3. The third kappa shape index (κ3) is 6.77. The van der Waals surface area contributed by atoms with Gasteiger partial charge in [-0.2, -0.15) is 0 Å². The Morgan fingerprint density at radius 3 is 2.00 bits per heavy atom. The molecule has 0 amide bonds. The van der Waals surface area contributed by atoms with E-state index in [-0.39, 0.29) is 12.2 Å². The van der Waals surface area contributed by atoms with E-state index < -0.39 is 13.1 Å². The van der Waals surface area contributed by atoms with Gasteiger partial charge in [-0.05, 0) is 40.2 Å². The second-order valence-corrected chi connectivity index (χ2v) is 6.19. The molecule has 0 N–H and O–H groups in total. The van der Waals surface area contributed by atoms with Crippen molar-refractivity contribution in [3.05, 3.63) is 12.2 Å². The van der Waals surface area contributed by atoms with Crippen molar-refractivity contribution in [2.45, 2.75) is 59.7 Å². The fourth-order valence-corrected chi connectivity index (χ4v) is 2.78. The lowest BCUT2D eigenvalue weighted by atomic mass is 10.3. The highest BCUT2D eigenvalue weighted by molar-refractivity contribution is 7.72. The maximum absolute atomic E-state index is 12.3. The minimum absolute atomic E-state index is 0.317. The molecular weight excluding hydrogens is 239 g/mol. The molecule has 0 rings (SSSR count). The van der Waals surface area contributed by atoms with Gasteiger partial charge in [-0.25, -0.2) is 0 Å². The topological polar surface area (TPSA) is 52.6 Å². The lowest BCUT2D eigenvalue weighted by Gasteiger charge is -2.20. The summed E-state index contributed by atoms with van der Waals surface area (Å²) in [5.74, 6) is 0. The molecule has 0 radical (unpaired) electrons. The molecular formula is C12H23O4P. The monoisotopic (exact) mass is 262 g/mol. The predicted molar refractivity (Wildman–Crippen MR) is 69.1 cm³/mol. The molecule has 17 heavy (non-hydrogen) atoms. The standard InChI is InChI=1S/C12H23O4P/c1-6-7-8-9-12(13)17(14,15-10(2)3)16-11(4)5/h8-11H,6-7H2,1-5H3/b9-8+. The molecule has 4 nitrogen and oxygen atoms in total. The molecule has 0 saturated heterocycles. The van der Waals surface area contributed by atoms with Crippen molar-refractivity contribution < 1.29 is 18.4 Å². The van der Waals surface area contributed by atoms with Crippen molar-refractivity contribution in [3.8, 4) is 0 Å². The number of allylic oxidation sites excluding steroid dienone is 2. The fourth-order valence-electron chi connectivity index (χ4n) is 1.13. The molecule has 0 aliphatic heterocycles. The van der Waals surface area contributed by atoms with E-state index in [1.54, 1.807) is 33.8 Å². The smallest absolute Gasteiger partial charge is 0.300 e. The molecule has 0 aliphatic rings. The number of hydrogen-bond donors (Lipinski definition) is 0. The summed E-state index contributed by atoms with van der Waals surface area (Å²) in [6.45, 7) is 8.89. The van der Waals surface area contributed by atoms with Crippen molar-refractivity contribution in [2.75, 3.05) is 0 Å². The summed E-state index contributed by atoms with van der Waals surface area (Å²) >= 11 is 0. The van der Waals surface area contributed by atoms with Crippen molar-refractivity contribution in [1.82, 2.24) is 0 Å². The molecule has 5 heteroatoms. The summed E-state index contributed by atoms with van der Waals surface area (Å²) in [4.78, 5) is 11.8. The van der Waals surface area contributed by atoms with E-state index in [1.807, 2.05) is 6.92 Å². The van der Waals surface area contributed by atoms with Crippen LogP contribution in [0.5, 0.6) is 0 Å². The Morgan fingerprint density at radius 2 is 1.65 bits per heavy atom. The van der Waals surface area contributed by atoms with Gasteiger partial charge < -0.3 is 9.05 Å². The average molecular weight is 262 g/mol. The van der Waals surface area contributed by atoms with Gasteiger partial charge in [-0.3, -0.25) is 9.36 Å². The van der Waals surface area contributed by atoms with Gasteiger partial charge in [0.15, 0.2) is 0 Å². The van der Waals surface area contributed by atoms with E-state index in [4.69, 9.17) is 9.05 Å². The van der Waals surface area contributed by atoms with E-state index in [2.05, 4.69) is 0 Å². The maximum Gasteiger partial charge on any atom is 0.401 e. The van der Waals surface area contributed by atoms with Crippen LogP contribution in [0.15, 0.2) is 12.2 Å². The number of rotatable bonds is 8. The van der Waals surface area contributed by atoms with Crippen molar-refractivity contribution >= 4 is 13.1 Å². The SMILES string of the molecule is CCC/C=C/C(=O)P(=O)(OC(C)C)OC(C)C. The minimum atomic E-state index is -3.69. The van der Waals surface area contributed by atoms with Crippen LogP contribution in [-0.4, -0.2) is 17.7 Å². The number of carbonyl (C=O) groups excluding carboxylic acids is 1. The Labute approximate surface area is 104 Å². The lowest BCUT2D eigenvalue weighted by Crippen LogP contribution is -2.13. The highest BCUT2D eigenvalue weighted by Gasteiger charge is 2.34. The van der Waals surface area contributed by atoms with Gasteiger partial charge in [-0.1, -0.05) is 19.4 Å². The van der Waals surface area contributed by atoms with E-state index >= 15 is 0 Å². The van der Waals surface area contributed by atoms with Crippen LogP contribution in [0, 0.1) is 0 Å². The van der Waals surface area contributed by atoms with E-state index in [0.29, 0.717) is 0 Å². The van der Waals surface area contributed by atoms with Crippen molar-refractivity contribution in [3.63, 3.8) is 0 Å². The van der Waals surface area contributed by atoms with Crippen molar-refractivity contribution in [2.24, 2.45) is 0 Å². The van der Waals surface area contributed by atoms with Crippen LogP contribution < -0.4 is 0 Å². The fraction of sp³-hybridized carbons (Fsp3) is 0.750. The van der Waals surface area contributed by atoms with E-state index in [1.165, 1.54) is 6.08 Å².